The van der Waals surface area contributed by atoms with Crippen LogP contribution in [-0.4, -0.2) is 11.2 Å². The maximum atomic E-state index is 6.02. The van der Waals surface area contributed by atoms with Gasteiger partial charge in [-0.15, -0.1) is 11.3 Å². The summed E-state index contributed by atoms with van der Waals surface area (Å²) in [4.78, 5) is 0. The van der Waals surface area contributed by atoms with Crippen molar-refractivity contribution in [3.8, 4) is 16.8 Å². The van der Waals surface area contributed by atoms with Crippen molar-refractivity contribution in [1.82, 2.24) is 15.2 Å². The number of hydrogen-bond donors (Lipinski definition) is 3. The van der Waals surface area contributed by atoms with Crippen molar-refractivity contribution in [2.75, 3.05) is 6.67 Å². The summed E-state index contributed by atoms with van der Waals surface area (Å²) >= 11 is 1.89. The zero-order chi connectivity index (χ0) is 34.6. The third-order valence-corrected chi connectivity index (χ3v) is 10.7. The number of benzene rings is 7. The lowest BCUT2D eigenvalue weighted by molar-refractivity contribution is 0.501. The molecule has 4 nitrogen and oxygen atoms in total. The third-order valence-electron chi connectivity index (χ3n) is 9.46. The summed E-state index contributed by atoms with van der Waals surface area (Å²) in [7, 11) is 0. The number of rotatable bonds is 8. The third kappa shape index (κ3) is 6.81. The average molecular weight is 681 g/mol. The van der Waals surface area contributed by atoms with Gasteiger partial charge in [0.15, 0.2) is 0 Å². The zero-order valence-electron chi connectivity index (χ0n) is 28.6. The molecule has 9 rings (SSSR count). The normalized spacial score (nSPS) is 12.0. The van der Waals surface area contributed by atoms with Gasteiger partial charge in [0, 0.05) is 49.8 Å². The highest BCUT2D eigenvalue weighted by atomic mass is 32.1. The van der Waals surface area contributed by atoms with Crippen molar-refractivity contribution in [3.63, 3.8) is 0 Å². The second kappa shape index (κ2) is 14.7. The summed E-state index contributed by atoms with van der Waals surface area (Å²) in [5.74, 6) is 0. The molecule has 250 valence electrons. The second-order valence-electron chi connectivity index (χ2n) is 12.9. The van der Waals surface area contributed by atoms with E-state index in [9.17, 15) is 0 Å². The van der Waals surface area contributed by atoms with Crippen LogP contribution in [0.1, 0.15) is 22.9 Å². The van der Waals surface area contributed by atoms with Gasteiger partial charge in [0.1, 0.15) is 0 Å². The molecule has 51 heavy (non-hydrogen) atoms. The van der Waals surface area contributed by atoms with Crippen molar-refractivity contribution >= 4 is 53.3 Å². The van der Waals surface area contributed by atoms with E-state index in [4.69, 9.17) is 5.73 Å². The van der Waals surface area contributed by atoms with E-state index in [1.54, 1.807) is 0 Å². The minimum Gasteiger partial charge on any atom is -0.312 e. The second-order valence-corrected chi connectivity index (χ2v) is 13.9. The Balaban J connectivity index is 0.000000177. The molecular formula is C46H40N4S. The van der Waals surface area contributed by atoms with E-state index in [1.807, 2.05) is 59.9 Å². The van der Waals surface area contributed by atoms with Crippen LogP contribution in [0.15, 0.2) is 170 Å². The fourth-order valence-electron chi connectivity index (χ4n) is 6.85. The van der Waals surface area contributed by atoms with Gasteiger partial charge >= 0.3 is 0 Å². The highest BCUT2D eigenvalue weighted by Crippen LogP contribution is 2.41. The lowest BCUT2D eigenvalue weighted by Crippen LogP contribution is -2.36. The molecule has 4 N–H and O–H groups in total. The molecule has 0 fully saturated rings. The Morgan fingerprint density at radius 2 is 1.27 bits per heavy atom. The topological polar surface area (TPSA) is 55.0 Å². The SMILES string of the molecule is Cc1ccc(-n2c3ccccc3c3cc(-c4cccc5c4sc4ccccc45)ccc32)cc1.NC(NCNCc1ccccc1)c1ccccc1. The van der Waals surface area contributed by atoms with E-state index in [0.717, 1.165) is 12.1 Å². The number of nitrogens with two attached hydrogens (primary N) is 1. The van der Waals surface area contributed by atoms with Gasteiger partial charge < -0.3 is 15.6 Å². The number of hydrogen-bond acceptors (Lipinski definition) is 4. The first kappa shape index (κ1) is 32.6. The van der Waals surface area contributed by atoms with Crippen LogP contribution >= 0.6 is 11.3 Å². The Bertz CT molecular complexity index is 2550. The number of aryl methyl sites for hydroxylation is 1. The molecule has 0 aliphatic carbocycles. The van der Waals surface area contributed by atoms with Crippen molar-refractivity contribution < 1.29 is 0 Å². The summed E-state index contributed by atoms with van der Waals surface area (Å²) in [6.45, 7) is 3.66. The van der Waals surface area contributed by atoms with Gasteiger partial charge in [-0.2, -0.15) is 0 Å². The molecule has 2 heterocycles. The van der Waals surface area contributed by atoms with Crippen LogP contribution < -0.4 is 16.4 Å². The van der Waals surface area contributed by atoms with Crippen LogP contribution in [0, 0.1) is 6.92 Å². The molecule has 5 heteroatoms. The first-order valence-electron chi connectivity index (χ1n) is 17.4. The Morgan fingerprint density at radius 3 is 2.08 bits per heavy atom. The average Bonchev–Trinajstić information content (AvgIpc) is 3.73. The predicted molar refractivity (Wildman–Crippen MR) is 218 cm³/mol. The van der Waals surface area contributed by atoms with E-state index in [-0.39, 0.29) is 6.17 Å². The lowest BCUT2D eigenvalue weighted by Gasteiger charge is -2.14. The highest BCUT2D eigenvalue weighted by molar-refractivity contribution is 7.26. The molecule has 0 aliphatic heterocycles. The van der Waals surface area contributed by atoms with Crippen molar-refractivity contribution in [3.05, 3.63) is 187 Å². The molecule has 0 bridgehead atoms. The number of fused-ring (bicyclic) bond motifs is 6. The van der Waals surface area contributed by atoms with E-state index < -0.39 is 0 Å². The maximum Gasteiger partial charge on any atom is 0.0819 e. The molecule has 0 radical (unpaired) electrons. The molecule has 7 aromatic carbocycles. The van der Waals surface area contributed by atoms with Crippen LogP contribution in [0.25, 0.3) is 58.8 Å². The highest BCUT2D eigenvalue weighted by Gasteiger charge is 2.15. The van der Waals surface area contributed by atoms with Gasteiger partial charge in [-0.3, -0.25) is 5.32 Å². The van der Waals surface area contributed by atoms with E-state index in [1.165, 1.54) is 69.9 Å². The molecule has 0 spiro atoms. The molecule has 9 aromatic rings. The largest absolute Gasteiger partial charge is 0.312 e. The smallest absolute Gasteiger partial charge is 0.0819 e. The summed E-state index contributed by atoms with van der Waals surface area (Å²) in [5, 5.41) is 11.8. The van der Waals surface area contributed by atoms with Gasteiger partial charge in [-0.1, -0.05) is 139 Å². The molecular weight excluding hydrogens is 641 g/mol. The first-order valence-corrected chi connectivity index (χ1v) is 18.2. The monoisotopic (exact) mass is 680 g/mol. The minimum atomic E-state index is -0.130. The maximum absolute atomic E-state index is 6.02. The van der Waals surface area contributed by atoms with Crippen LogP contribution in [0.3, 0.4) is 0 Å². The van der Waals surface area contributed by atoms with E-state index in [2.05, 4.69) is 143 Å². The Hall–Kier alpha value is -5.56. The molecule has 1 unspecified atom stereocenters. The Morgan fingerprint density at radius 1 is 0.608 bits per heavy atom. The van der Waals surface area contributed by atoms with Crippen LogP contribution in [-0.2, 0) is 6.54 Å². The molecule has 2 aromatic heterocycles. The zero-order valence-corrected chi connectivity index (χ0v) is 29.4. The van der Waals surface area contributed by atoms with Gasteiger partial charge in [-0.25, -0.2) is 0 Å². The van der Waals surface area contributed by atoms with Gasteiger partial charge in [-0.05, 0) is 65.6 Å². The van der Waals surface area contributed by atoms with Crippen LogP contribution in [0.5, 0.6) is 0 Å². The fourth-order valence-corrected chi connectivity index (χ4v) is 8.09. The summed E-state index contributed by atoms with van der Waals surface area (Å²) < 4.78 is 5.09. The van der Waals surface area contributed by atoms with E-state index in [0.29, 0.717) is 6.67 Å². The Kier molecular flexibility index (Phi) is 9.43. The van der Waals surface area contributed by atoms with Gasteiger partial charge in [0.25, 0.3) is 0 Å². The van der Waals surface area contributed by atoms with E-state index >= 15 is 0 Å². The number of thiophene rings is 1. The van der Waals surface area contributed by atoms with Crippen molar-refractivity contribution in [2.45, 2.75) is 19.6 Å². The van der Waals surface area contributed by atoms with Crippen molar-refractivity contribution in [2.24, 2.45) is 5.73 Å². The van der Waals surface area contributed by atoms with Crippen LogP contribution in [0.4, 0.5) is 0 Å². The lowest BCUT2D eigenvalue weighted by atomic mass is 10.0. The number of nitrogens with one attached hydrogen (secondary N) is 2. The quantitative estimate of drug-likeness (QED) is 0.111. The molecule has 1 atom stereocenters. The molecule has 0 amide bonds. The van der Waals surface area contributed by atoms with Gasteiger partial charge in [0.2, 0.25) is 0 Å². The predicted octanol–water partition coefficient (Wildman–Crippen LogP) is 11.1. The molecule has 0 aliphatic rings. The van der Waals surface area contributed by atoms with Gasteiger partial charge in [0.05, 0.1) is 17.2 Å². The summed E-state index contributed by atoms with van der Waals surface area (Å²) in [6.07, 6.45) is -0.130. The van der Waals surface area contributed by atoms with Crippen LogP contribution in [0.2, 0.25) is 0 Å². The number of nitrogens with zero attached hydrogens (tertiary/aromatic N) is 1. The molecule has 0 saturated carbocycles. The number of para-hydroxylation sites is 1. The Labute approximate surface area is 302 Å². The number of aromatic nitrogens is 1. The minimum absolute atomic E-state index is 0.130. The standard InChI is InChI=1S/C31H21NS.C15H19N3/c1-20-13-16-22(17-14-20)32-28-11-4-2-7-24(28)27-19-21(15-18-29(27)32)23-9-6-10-26-25-8-3-5-12-30(25)33-31(23)26;16-15(14-9-5-2-6-10-14)18-12-17-11-13-7-3-1-4-8-13/h2-19H,1H3;1-10,15,17-18H,11-12,16H2. The van der Waals surface area contributed by atoms with Crippen molar-refractivity contribution in [1.29, 1.82) is 0 Å². The fraction of sp³-hybridized carbons (Fsp3) is 0.0870. The first-order chi connectivity index (χ1) is 25.1. The summed E-state index contributed by atoms with van der Waals surface area (Å²) in [5.41, 5.74) is 15.9. The molecule has 0 saturated heterocycles. The summed E-state index contributed by atoms with van der Waals surface area (Å²) in [6, 6.07) is 60.2.